The quantitative estimate of drug-likeness (QED) is 0.724. The van der Waals surface area contributed by atoms with E-state index in [0.717, 1.165) is 54.8 Å². The molecular formula is C22H28ClN3O3+2. The van der Waals surface area contributed by atoms with E-state index in [2.05, 4.69) is 30.4 Å². The van der Waals surface area contributed by atoms with Crippen molar-refractivity contribution >= 4 is 17.5 Å². The van der Waals surface area contributed by atoms with Gasteiger partial charge in [0, 0.05) is 16.1 Å². The van der Waals surface area contributed by atoms with Gasteiger partial charge < -0.3 is 24.6 Å². The Morgan fingerprint density at radius 1 is 1.17 bits per heavy atom. The van der Waals surface area contributed by atoms with E-state index in [9.17, 15) is 4.79 Å². The van der Waals surface area contributed by atoms with Crippen LogP contribution in [0.4, 0.5) is 0 Å². The van der Waals surface area contributed by atoms with Crippen LogP contribution in [0.15, 0.2) is 42.5 Å². The Labute approximate surface area is 176 Å². The minimum atomic E-state index is 0.204. The second kappa shape index (κ2) is 9.03. The van der Waals surface area contributed by atoms with Gasteiger partial charge in [-0.05, 0) is 37.3 Å². The Bertz CT molecular complexity index is 868. The summed E-state index contributed by atoms with van der Waals surface area (Å²) in [6.45, 7) is 7.35. The molecule has 7 heteroatoms. The lowest BCUT2D eigenvalue weighted by Crippen LogP contribution is -3.13. The van der Waals surface area contributed by atoms with Gasteiger partial charge in [-0.3, -0.25) is 4.79 Å². The summed E-state index contributed by atoms with van der Waals surface area (Å²) in [7, 11) is 0. The number of benzene rings is 2. The largest absolute Gasteiger partial charge is 0.454 e. The number of rotatable bonds is 6. The average Bonchev–Trinajstić information content (AvgIpc) is 3.20. The summed E-state index contributed by atoms with van der Waals surface area (Å²) in [6.07, 6.45) is 0. The number of ether oxygens (including phenoxy) is 2. The van der Waals surface area contributed by atoms with Crippen molar-refractivity contribution in [2.45, 2.75) is 19.5 Å². The molecule has 3 N–H and O–H groups in total. The van der Waals surface area contributed by atoms with Crippen LogP contribution in [0.25, 0.3) is 0 Å². The zero-order chi connectivity index (χ0) is 20.2. The van der Waals surface area contributed by atoms with Gasteiger partial charge in [0.15, 0.2) is 18.0 Å². The molecule has 1 amide bonds. The molecule has 29 heavy (non-hydrogen) atoms. The maximum atomic E-state index is 12.6. The van der Waals surface area contributed by atoms with Crippen molar-refractivity contribution in [3.05, 3.63) is 58.6 Å². The number of nitrogens with two attached hydrogens (primary N) is 1. The first-order chi connectivity index (χ1) is 14.1. The topological polar surface area (TPSA) is 59.8 Å². The smallest absolute Gasteiger partial charge is 0.278 e. The summed E-state index contributed by atoms with van der Waals surface area (Å²) in [5.41, 5.74) is 2.39. The fraction of sp³-hybridized carbons (Fsp3) is 0.409. The molecule has 2 aromatic rings. The van der Waals surface area contributed by atoms with Gasteiger partial charge in [-0.25, -0.2) is 0 Å². The molecule has 2 aromatic carbocycles. The van der Waals surface area contributed by atoms with Crippen LogP contribution in [-0.2, 0) is 11.3 Å². The lowest BCUT2D eigenvalue weighted by atomic mass is 10.1. The molecule has 2 aliphatic heterocycles. The van der Waals surface area contributed by atoms with Gasteiger partial charge in [0.1, 0.15) is 12.6 Å². The number of carbonyl (C=O) groups excluding carboxylic acids is 1. The SMILES string of the molecule is C[C@H]([NH2+]CC(=O)N1CC[NH+](Cc2ccc3c(c2)OCO3)CC1)c1cccc(Cl)c1. The molecule has 154 valence electrons. The fourth-order valence-corrected chi connectivity index (χ4v) is 4.12. The molecule has 1 fully saturated rings. The molecule has 4 rings (SSSR count). The standard InChI is InChI=1S/C22H26ClN3O3/c1-16(18-3-2-4-19(23)12-18)24-13-22(27)26-9-7-25(8-10-26)14-17-5-6-20-21(11-17)29-15-28-20/h2-6,11-12,16,24H,7-10,13-15H2,1H3/p+2/t16-/m0/s1. The molecule has 1 atom stereocenters. The van der Waals surface area contributed by atoms with Gasteiger partial charge >= 0.3 is 0 Å². The zero-order valence-corrected chi connectivity index (χ0v) is 17.5. The van der Waals surface area contributed by atoms with Gasteiger partial charge in [0.25, 0.3) is 5.91 Å². The van der Waals surface area contributed by atoms with Crippen molar-refractivity contribution in [3.63, 3.8) is 0 Å². The highest BCUT2D eigenvalue weighted by molar-refractivity contribution is 6.30. The Kier molecular flexibility index (Phi) is 6.23. The van der Waals surface area contributed by atoms with Crippen molar-refractivity contribution in [2.24, 2.45) is 0 Å². The lowest BCUT2D eigenvalue weighted by molar-refractivity contribution is -0.917. The number of amides is 1. The van der Waals surface area contributed by atoms with Crippen LogP contribution in [0.2, 0.25) is 5.02 Å². The van der Waals surface area contributed by atoms with Crippen LogP contribution in [0.3, 0.4) is 0 Å². The highest BCUT2D eigenvalue weighted by Gasteiger charge is 2.25. The molecular weight excluding hydrogens is 390 g/mol. The van der Waals surface area contributed by atoms with Crippen molar-refractivity contribution in [3.8, 4) is 11.5 Å². The highest BCUT2D eigenvalue weighted by Crippen LogP contribution is 2.32. The van der Waals surface area contributed by atoms with Gasteiger partial charge in [-0.2, -0.15) is 0 Å². The minimum Gasteiger partial charge on any atom is -0.454 e. The van der Waals surface area contributed by atoms with Gasteiger partial charge in [0.05, 0.1) is 26.2 Å². The van der Waals surface area contributed by atoms with Crippen LogP contribution in [-0.4, -0.2) is 50.3 Å². The van der Waals surface area contributed by atoms with E-state index >= 15 is 0 Å². The molecule has 0 bridgehead atoms. The number of halogens is 1. The molecule has 0 saturated carbocycles. The van der Waals surface area contributed by atoms with Crippen molar-refractivity contribution < 1.29 is 24.5 Å². The molecule has 0 spiro atoms. The summed E-state index contributed by atoms with van der Waals surface area (Å²) in [4.78, 5) is 16.1. The van der Waals surface area contributed by atoms with Crippen LogP contribution >= 0.6 is 11.6 Å². The number of hydrogen-bond donors (Lipinski definition) is 2. The molecule has 0 unspecified atom stereocenters. The Morgan fingerprint density at radius 3 is 2.76 bits per heavy atom. The van der Waals surface area contributed by atoms with Crippen LogP contribution in [0.1, 0.15) is 24.1 Å². The number of fused-ring (bicyclic) bond motifs is 1. The van der Waals surface area contributed by atoms with Crippen molar-refractivity contribution in [2.75, 3.05) is 39.5 Å². The van der Waals surface area contributed by atoms with Gasteiger partial charge in [-0.1, -0.05) is 23.7 Å². The maximum absolute atomic E-state index is 12.6. The van der Waals surface area contributed by atoms with Gasteiger partial charge in [-0.15, -0.1) is 0 Å². The fourth-order valence-electron chi connectivity index (χ4n) is 3.92. The summed E-state index contributed by atoms with van der Waals surface area (Å²) in [5.74, 6) is 1.86. The third-order valence-corrected chi connectivity index (χ3v) is 5.97. The monoisotopic (exact) mass is 417 g/mol. The van der Waals surface area contributed by atoms with E-state index < -0.39 is 0 Å². The van der Waals surface area contributed by atoms with E-state index in [0.29, 0.717) is 13.3 Å². The molecule has 2 aliphatic rings. The van der Waals surface area contributed by atoms with Crippen LogP contribution in [0, 0.1) is 0 Å². The second-order valence-electron chi connectivity index (χ2n) is 7.78. The number of nitrogens with one attached hydrogen (secondary N) is 1. The van der Waals surface area contributed by atoms with E-state index in [4.69, 9.17) is 21.1 Å². The Hall–Kier alpha value is -2.28. The first kappa shape index (κ1) is 20.0. The average molecular weight is 418 g/mol. The van der Waals surface area contributed by atoms with Crippen molar-refractivity contribution in [1.29, 1.82) is 0 Å². The second-order valence-corrected chi connectivity index (χ2v) is 8.22. The van der Waals surface area contributed by atoms with E-state index in [-0.39, 0.29) is 11.9 Å². The Balaban J connectivity index is 1.22. The zero-order valence-electron chi connectivity index (χ0n) is 16.7. The number of nitrogens with zero attached hydrogens (tertiary/aromatic N) is 1. The summed E-state index contributed by atoms with van der Waals surface area (Å²) < 4.78 is 10.8. The first-order valence-electron chi connectivity index (χ1n) is 10.2. The summed E-state index contributed by atoms with van der Waals surface area (Å²) in [6, 6.07) is 14.2. The van der Waals surface area contributed by atoms with E-state index in [1.807, 2.05) is 29.2 Å². The van der Waals surface area contributed by atoms with Crippen molar-refractivity contribution in [1.82, 2.24) is 4.90 Å². The van der Waals surface area contributed by atoms with E-state index in [1.54, 1.807) is 0 Å². The molecule has 0 aliphatic carbocycles. The Morgan fingerprint density at radius 2 is 1.97 bits per heavy atom. The number of quaternary nitrogens is 2. The lowest BCUT2D eigenvalue weighted by Gasteiger charge is -2.32. The van der Waals surface area contributed by atoms with Crippen LogP contribution < -0.4 is 19.7 Å². The maximum Gasteiger partial charge on any atom is 0.278 e. The molecule has 1 saturated heterocycles. The summed E-state index contributed by atoms with van der Waals surface area (Å²) in [5, 5.41) is 2.82. The third-order valence-electron chi connectivity index (χ3n) is 5.73. The number of carbonyl (C=O) groups is 1. The predicted molar refractivity (Wildman–Crippen MR) is 110 cm³/mol. The molecule has 0 radical (unpaired) electrons. The predicted octanol–water partition coefficient (Wildman–Crippen LogP) is 0.620. The molecule has 0 aromatic heterocycles. The molecule has 2 heterocycles. The van der Waals surface area contributed by atoms with E-state index in [1.165, 1.54) is 10.5 Å². The third kappa shape index (κ3) is 5.01. The number of piperazine rings is 1. The number of hydrogen-bond acceptors (Lipinski definition) is 3. The normalized spacial score (nSPS) is 17.4. The first-order valence-corrected chi connectivity index (χ1v) is 10.5. The van der Waals surface area contributed by atoms with Gasteiger partial charge in [0.2, 0.25) is 6.79 Å². The highest BCUT2D eigenvalue weighted by atomic mass is 35.5. The minimum absolute atomic E-state index is 0.204. The summed E-state index contributed by atoms with van der Waals surface area (Å²) >= 11 is 6.07. The molecule has 6 nitrogen and oxygen atoms in total. The van der Waals surface area contributed by atoms with Crippen LogP contribution in [0.5, 0.6) is 11.5 Å².